The summed E-state index contributed by atoms with van der Waals surface area (Å²) in [5.41, 5.74) is 2.58. The Morgan fingerprint density at radius 1 is 1.40 bits per heavy atom. The molecule has 20 heavy (non-hydrogen) atoms. The van der Waals surface area contributed by atoms with Gasteiger partial charge in [0.1, 0.15) is 10.3 Å². The molecule has 106 valence electrons. The maximum absolute atomic E-state index is 12.8. The number of pyridine rings is 1. The number of H-pyrrole nitrogens is 1. The van der Waals surface area contributed by atoms with Crippen molar-refractivity contribution in [2.45, 2.75) is 13.3 Å². The lowest BCUT2D eigenvalue weighted by Gasteiger charge is -2.30. The van der Waals surface area contributed by atoms with Crippen LogP contribution in [-0.4, -0.2) is 41.1 Å². The highest BCUT2D eigenvalue weighted by atomic mass is 79.9. The van der Waals surface area contributed by atoms with Gasteiger partial charge in [0.15, 0.2) is 11.2 Å². The third kappa shape index (κ3) is 2.31. The van der Waals surface area contributed by atoms with E-state index in [-0.39, 0.29) is 5.43 Å². The summed E-state index contributed by atoms with van der Waals surface area (Å²) in [7, 11) is 0. The summed E-state index contributed by atoms with van der Waals surface area (Å²) in [6, 6.07) is 0. The fourth-order valence-electron chi connectivity index (χ4n) is 2.55. The molecule has 6 nitrogen and oxygen atoms in total. The van der Waals surface area contributed by atoms with Gasteiger partial charge < -0.3 is 15.2 Å². The monoisotopic (exact) mass is 337 g/mol. The molecule has 3 rings (SSSR count). The summed E-state index contributed by atoms with van der Waals surface area (Å²) in [5, 5.41) is 3.30. The first-order valence-electron chi connectivity index (χ1n) is 6.73. The number of fused-ring (bicyclic) bond motifs is 1. The number of rotatable bonds is 2. The van der Waals surface area contributed by atoms with Gasteiger partial charge in [-0.25, -0.2) is 9.97 Å². The average Bonchev–Trinajstić information content (AvgIpc) is 2.48. The van der Waals surface area contributed by atoms with Crippen LogP contribution in [-0.2, 0) is 6.42 Å². The second-order valence-corrected chi connectivity index (χ2v) is 5.57. The van der Waals surface area contributed by atoms with Gasteiger partial charge in [-0.1, -0.05) is 6.92 Å². The van der Waals surface area contributed by atoms with Gasteiger partial charge in [-0.05, 0) is 22.4 Å². The molecular formula is C13H16BrN5O. The summed E-state index contributed by atoms with van der Waals surface area (Å²) in [4.78, 5) is 26.7. The molecule has 1 saturated heterocycles. The standard InChI is InChI=1S/C13H16BrN5O/c1-2-8-11(19-5-3-15-4-6-19)12(20)10-13(17-8)16-7-9(14)18-10/h7,15H,2-6H2,1H3,(H,16,17,20). The molecule has 2 aromatic rings. The fraction of sp³-hybridized carbons (Fsp3) is 0.462. The van der Waals surface area contributed by atoms with E-state index in [2.05, 4.69) is 41.1 Å². The Morgan fingerprint density at radius 3 is 2.85 bits per heavy atom. The number of nitrogens with zero attached hydrogens (tertiary/aromatic N) is 3. The second-order valence-electron chi connectivity index (χ2n) is 4.76. The number of halogens is 1. The molecule has 0 spiro atoms. The minimum Gasteiger partial charge on any atom is -0.364 e. The van der Waals surface area contributed by atoms with E-state index in [1.165, 1.54) is 0 Å². The molecule has 2 aromatic heterocycles. The van der Waals surface area contributed by atoms with Crippen LogP contribution in [0.15, 0.2) is 15.6 Å². The van der Waals surface area contributed by atoms with Gasteiger partial charge in [-0.2, -0.15) is 0 Å². The third-order valence-corrected chi connectivity index (χ3v) is 3.90. The molecule has 2 N–H and O–H groups in total. The molecule has 1 aliphatic heterocycles. The fourth-order valence-corrected chi connectivity index (χ4v) is 2.83. The second kappa shape index (κ2) is 5.49. The van der Waals surface area contributed by atoms with E-state index in [1.54, 1.807) is 6.20 Å². The summed E-state index contributed by atoms with van der Waals surface area (Å²) < 4.78 is 0.575. The van der Waals surface area contributed by atoms with Crippen LogP contribution in [0.25, 0.3) is 11.2 Å². The van der Waals surface area contributed by atoms with Crippen LogP contribution in [0.2, 0.25) is 0 Å². The van der Waals surface area contributed by atoms with Gasteiger partial charge in [0.25, 0.3) is 0 Å². The van der Waals surface area contributed by atoms with E-state index < -0.39 is 0 Å². The van der Waals surface area contributed by atoms with Gasteiger partial charge in [0.2, 0.25) is 5.43 Å². The first kappa shape index (κ1) is 13.5. The van der Waals surface area contributed by atoms with E-state index in [9.17, 15) is 4.79 Å². The first-order chi connectivity index (χ1) is 9.70. The number of piperazine rings is 1. The Morgan fingerprint density at radius 2 is 2.15 bits per heavy atom. The van der Waals surface area contributed by atoms with Crippen LogP contribution in [0, 0.1) is 0 Å². The lowest BCUT2D eigenvalue weighted by atomic mass is 10.2. The van der Waals surface area contributed by atoms with E-state index in [1.807, 2.05) is 6.92 Å². The molecule has 0 amide bonds. The molecule has 0 radical (unpaired) electrons. The normalized spacial score (nSPS) is 15.8. The number of aromatic amines is 1. The van der Waals surface area contributed by atoms with Gasteiger partial charge >= 0.3 is 0 Å². The van der Waals surface area contributed by atoms with Crippen molar-refractivity contribution in [3.05, 3.63) is 26.7 Å². The number of nitrogens with one attached hydrogen (secondary N) is 2. The van der Waals surface area contributed by atoms with Crippen molar-refractivity contribution in [1.82, 2.24) is 20.3 Å². The van der Waals surface area contributed by atoms with Crippen LogP contribution in [0.1, 0.15) is 12.6 Å². The van der Waals surface area contributed by atoms with E-state index >= 15 is 0 Å². The first-order valence-corrected chi connectivity index (χ1v) is 7.53. The zero-order valence-corrected chi connectivity index (χ0v) is 12.8. The average molecular weight is 338 g/mol. The van der Waals surface area contributed by atoms with E-state index in [0.717, 1.165) is 44.0 Å². The molecule has 1 fully saturated rings. The molecule has 1 aliphatic rings. The van der Waals surface area contributed by atoms with E-state index in [4.69, 9.17) is 0 Å². The Hall–Kier alpha value is -1.47. The number of aryl methyl sites for hydroxylation is 1. The molecule has 0 aromatic carbocycles. The molecule has 0 aliphatic carbocycles. The van der Waals surface area contributed by atoms with Gasteiger partial charge in [0.05, 0.1) is 6.20 Å². The number of anilines is 1. The largest absolute Gasteiger partial charge is 0.364 e. The van der Waals surface area contributed by atoms with Crippen molar-refractivity contribution >= 4 is 32.8 Å². The SMILES string of the molecule is CCc1[nH]c2ncc(Br)nc2c(=O)c1N1CCNCC1. The summed E-state index contributed by atoms with van der Waals surface area (Å²) in [6.45, 7) is 5.50. The maximum Gasteiger partial charge on any atom is 0.233 e. The zero-order chi connectivity index (χ0) is 14.1. The van der Waals surface area contributed by atoms with E-state index in [0.29, 0.717) is 15.8 Å². The Balaban J connectivity index is 2.23. The molecule has 0 saturated carbocycles. The predicted molar refractivity (Wildman–Crippen MR) is 82.3 cm³/mol. The quantitative estimate of drug-likeness (QED) is 0.856. The van der Waals surface area contributed by atoms with Crippen molar-refractivity contribution < 1.29 is 0 Å². The van der Waals surface area contributed by atoms with Gasteiger partial charge in [-0.3, -0.25) is 4.79 Å². The predicted octanol–water partition coefficient (Wildman–Crippen LogP) is 1.05. The minimum atomic E-state index is -0.0358. The smallest absolute Gasteiger partial charge is 0.233 e. The molecular weight excluding hydrogens is 322 g/mol. The Kier molecular flexibility index (Phi) is 3.71. The number of hydrogen-bond donors (Lipinski definition) is 2. The summed E-state index contributed by atoms with van der Waals surface area (Å²) in [6.07, 6.45) is 2.37. The molecule has 0 atom stereocenters. The van der Waals surface area contributed by atoms with Crippen molar-refractivity contribution in [3.8, 4) is 0 Å². The lowest BCUT2D eigenvalue weighted by Crippen LogP contribution is -2.45. The van der Waals surface area contributed by atoms with Crippen molar-refractivity contribution in [2.75, 3.05) is 31.1 Å². The highest BCUT2D eigenvalue weighted by Crippen LogP contribution is 2.19. The Bertz CT molecular complexity index is 693. The third-order valence-electron chi connectivity index (χ3n) is 3.52. The minimum absolute atomic E-state index is 0.0358. The highest BCUT2D eigenvalue weighted by Gasteiger charge is 2.20. The lowest BCUT2D eigenvalue weighted by molar-refractivity contribution is 0.586. The van der Waals surface area contributed by atoms with Crippen LogP contribution in [0.4, 0.5) is 5.69 Å². The molecule has 0 unspecified atom stereocenters. The topological polar surface area (TPSA) is 73.9 Å². The van der Waals surface area contributed by atoms with Crippen LogP contribution < -0.4 is 15.6 Å². The zero-order valence-electron chi connectivity index (χ0n) is 11.2. The molecule has 0 bridgehead atoms. The van der Waals surface area contributed by atoms with Gasteiger partial charge in [0, 0.05) is 31.9 Å². The highest BCUT2D eigenvalue weighted by molar-refractivity contribution is 9.10. The summed E-state index contributed by atoms with van der Waals surface area (Å²) >= 11 is 3.27. The van der Waals surface area contributed by atoms with Crippen molar-refractivity contribution in [3.63, 3.8) is 0 Å². The summed E-state index contributed by atoms with van der Waals surface area (Å²) in [5.74, 6) is 0. The van der Waals surface area contributed by atoms with Crippen molar-refractivity contribution in [1.29, 1.82) is 0 Å². The Labute approximate surface area is 124 Å². The van der Waals surface area contributed by atoms with Gasteiger partial charge in [-0.15, -0.1) is 0 Å². The molecule has 7 heteroatoms. The van der Waals surface area contributed by atoms with Crippen LogP contribution in [0.5, 0.6) is 0 Å². The van der Waals surface area contributed by atoms with Crippen LogP contribution >= 0.6 is 15.9 Å². The van der Waals surface area contributed by atoms with Crippen LogP contribution in [0.3, 0.4) is 0 Å². The number of hydrogen-bond acceptors (Lipinski definition) is 5. The maximum atomic E-state index is 12.8. The van der Waals surface area contributed by atoms with Crippen molar-refractivity contribution in [2.24, 2.45) is 0 Å². The molecule has 3 heterocycles. The number of aromatic nitrogens is 3.